The number of halogens is 2. The van der Waals surface area contributed by atoms with E-state index in [1.807, 2.05) is 13.8 Å². The fourth-order valence-electron chi connectivity index (χ4n) is 0.973. The molecule has 0 aromatic carbocycles. The van der Waals surface area contributed by atoms with Crippen LogP contribution < -0.4 is 5.32 Å². The average Bonchev–Trinajstić information content (AvgIpc) is 2.45. The molecule has 1 N–H and O–H groups in total. The molecule has 0 aliphatic carbocycles. The number of nitrogens with one attached hydrogen (secondary N) is 1. The number of rotatable bonds is 3. The highest BCUT2D eigenvalue weighted by atomic mass is 79.9. The van der Waals surface area contributed by atoms with E-state index in [-0.39, 0.29) is 5.91 Å². The maximum Gasteiger partial charge on any atom is 0.272 e. The lowest BCUT2D eigenvalue weighted by atomic mass is 10.1. The Morgan fingerprint density at radius 3 is 2.67 bits per heavy atom. The Kier molecular flexibility index (Phi) is 3.72. The minimum absolute atomic E-state index is 0.250. The van der Waals surface area contributed by atoms with Crippen LogP contribution in [-0.2, 0) is 7.05 Å². The van der Waals surface area contributed by atoms with Crippen LogP contribution >= 0.6 is 27.5 Å². The van der Waals surface area contributed by atoms with Crippen molar-refractivity contribution in [2.45, 2.75) is 19.4 Å². The largest absolute Gasteiger partial charge is 0.345 e. The van der Waals surface area contributed by atoms with E-state index in [2.05, 4.69) is 31.6 Å². The summed E-state index contributed by atoms with van der Waals surface area (Å²) in [5.41, 5.74) is -0.0734. The van der Waals surface area contributed by atoms with E-state index >= 15 is 0 Å². The highest BCUT2D eigenvalue weighted by Gasteiger charge is 2.24. The van der Waals surface area contributed by atoms with Gasteiger partial charge in [0.2, 0.25) is 0 Å². The third-order valence-electron chi connectivity index (χ3n) is 1.79. The average molecular weight is 296 g/mol. The third-order valence-corrected chi connectivity index (χ3v) is 2.99. The van der Waals surface area contributed by atoms with Crippen molar-refractivity contribution in [1.82, 2.24) is 20.3 Å². The van der Waals surface area contributed by atoms with Crippen LogP contribution in [0.3, 0.4) is 0 Å². The molecule has 1 rings (SSSR count). The molecule has 0 fully saturated rings. The molecule has 0 aliphatic rings. The van der Waals surface area contributed by atoms with E-state index in [4.69, 9.17) is 11.6 Å². The summed E-state index contributed by atoms with van der Waals surface area (Å²) in [6, 6.07) is 0. The zero-order valence-electron chi connectivity index (χ0n) is 8.71. The minimum atomic E-state index is -0.456. The van der Waals surface area contributed by atoms with Gasteiger partial charge in [0.1, 0.15) is 0 Å². The summed E-state index contributed by atoms with van der Waals surface area (Å²) in [7, 11) is 1.65. The molecule has 0 saturated carbocycles. The highest BCUT2D eigenvalue weighted by molar-refractivity contribution is 9.10. The molecule has 0 aliphatic heterocycles. The second-order valence-electron chi connectivity index (χ2n) is 3.82. The zero-order chi connectivity index (χ0) is 11.6. The predicted molar refractivity (Wildman–Crippen MR) is 61.0 cm³/mol. The second-order valence-corrected chi connectivity index (χ2v) is 4.84. The topological polar surface area (TPSA) is 59.8 Å². The van der Waals surface area contributed by atoms with Gasteiger partial charge in [0.05, 0.1) is 0 Å². The number of hydrogen-bond acceptors (Lipinski definition) is 3. The van der Waals surface area contributed by atoms with Crippen molar-refractivity contribution in [2.75, 3.05) is 5.88 Å². The van der Waals surface area contributed by atoms with Gasteiger partial charge in [-0.1, -0.05) is 5.21 Å². The van der Waals surface area contributed by atoms with Crippen LogP contribution in [-0.4, -0.2) is 32.3 Å². The first-order chi connectivity index (χ1) is 6.87. The lowest BCUT2D eigenvalue weighted by molar-refractivity contribution is 0.0910. The lowest BCUT2D eigenvalue weighted by Crippen LogP contribution is -2.45. The van der Waals surface area contributed by atoms with Crippen molar-refractivity contribution in [3.8, 4) is 0 Å². The molecule has 84 valence electrons. The lowest BCUT2D eigenvalue weighted by Gasteiger charge is -2.23. The Hall–Kier alpha value is -0.620. The van der Waals surface area contributed by atoms with Crippen molar-refractivity contribution in [1.29, 1.82) is 0 Å². The minimum Gasteiger partial charge on any atom is -0.345 e. The molecule has 1 aromatic rings. The first-order valence-electron chi connectivity index (χ1n) is 4.31. The van der Waals surface area contributed by atoms with Crippen LogP contribution in [0, 0.1) is 0 Å². The molecular weight excluding hydrogens is 283 g/mol. The zero-order valence-corrected chi connectivity index (χ0v) is 11.1. The molecule has 1 heterocycles. The first-order valence-corrected chi connectivity index (χ1v) is 5.64. The first kappa shape index (κ1) is 12.4. The second kappa shape index (κ2) is 4.49. The van der Waals surface area contributed by atoms with Crippen molar-refractivity contribution in [2.24, 2.45) is 7.05 Å². The number of alkyl halides is 1. The van der Waals surface area contributed by atoms with Gasteiger partial charge in [-0.05, 0) is 29.8 Å². The highest BCUT2D eigenvalue weighted by Crippen LogP contribution is 2.13. The molecule has 5 nitrogen and oxygen atoms in total. The van der Waals surface area contributed by atoms with Gasteiger partial charge in [-0.3, -0.25) is 4.79 Å². The van der Waals surface area contributed by atoms with Gasteiger partial charge in [-0.2, -0.15) is 0 Å². The molecule has 0 radical (unpaired) electrons. The molecule has 0 unspecified atom stereocenters. The Morgan fingerprint density at radius 1 is 1.67 bits per heavy atom. The Labute approximate surface area is 101 Å². The van der Waals surface area contributed by atoms with Crippen molar-refractivity contribution >= 4 is 33.4 Å². The molecule has 0 atom stereocenters. The fourth-order valence-corrected chi connectivity index (χ4v) is 1.55. The van der Waals surface area contributed by atoms with Gasteiger partial charge < -0.3 is 5.32 Å². The van der Waals surface area contributed by atoms with Crippen LogP contribution in [0.25, 0.3) is 0 Å². The monoisotopic (exact) mass is 294 g/mol. The molecule has 0 bridgehead atoms. The summed E-state index contributed by atoms with van der Waals surface area (Å²) in [4.78, 5) is 11.8. The van der Waals surface area contributed by atoms with Gasteiger partial charge in [0.15, 0.2) is 10.3 Å². The molecule has 1 amide bonds. The number of hydrogen-bond donors (Lipinski definition) is 1. The summed E-state index contributed by atoms with van der Waals surface area (Å²) in [6.45, 7) is 3.69. The maximum atomic E-state index is 11.8. The SMILES string of the molecule is Cn1nnc(Br)c1C(=O)NC(C)(C)CCl. The normalized spacial score (nSPS) is 11.5. The summed E-state index contributed by atoms with van der Waals surface area (Å²) in [6.07, 6.45) is 0. The van der Waals surface area contributed by atoms with Crippen LogP contribution in [0.1, 0.15) is 24.3 Å². The van der Waals surface area contributed by atoms with E-state index < -0.39 is 5.54 Å². The van der Waals surface area contributed by atoms with E-state index in [0.717, 1.165) is 0 Å². The maximum absolute atomic E-state index is 11.8. The van der Waals surface area contributed by atoms with Crippen LogP contribution in [0.4, 0.5) is 0 Å². The van der Waals surface area contributed by atoms with E-state index in [9.17, 15) is 4.79 Å². The Balaban J connectivity index is 2.87. The molecule has 1 aromatic heterocycles. The number of aryl methyl sites for hydroxylation is 1. The number of nitrogens with zero attached hydrogens (tertiary/aromatic N) is 3. The molecule has 15 heavy (non-hydrogen) atoms. The van der Waals surface area contributed by atoms with Gasteiger partial charge in [0, 0.05) is 18.5 Å². The van der Waals surface area contributed by atoms with Crippen LogP contribution in [0.15, 0.2) is 4.60 Å². The Morgan fingerprint density at radius 2 is 2.27 bits per heavy atom. The summed E-state index contributed by atoms with van der Waals surface area (Å²) in [5.74, 6) is 0.0850. The smallest absolute Gasteiger partial charge is 0.272 e. The Bertz CT molecular complexity index is 357. The number of amides is 1. The molecular formula is C8H12BrClN4O. The van der Waals surface area contributed by atoms with E-state index in [1.165, 1.54) is 4.68 Å². The molecule has 0 spiro atoms. The van der Waals surface area contributed by atoms with Crippen LogP contribution in [0.2, 0.25) is 0 Å². The van der Waals surface area contributed by atoms with E-state index in [0.29, 0.717) is 16.2 Å². The van der Waals surface area contributed by atoms with Gasteiger partial charge in [-0.15, -0.1) is 16.7 Å². The number of carbonyl (C=O) groups is 1. The predicted octanol–water partition coefficient (Wildman–Crippen LogP) is 1.32. The van der Waals surface area contributed by atoms with E-state index in [1.54, 1.807) is 7.05 Å². The standard InChI is InChI=1S/C8H12BrClN4O/c1-8(2,4-10)11-7(15)5-6(9)12-13-14(5)3/h4H2,1-3H3,(H,11,15). The summed E-state index contributed by atoms with van der Waals surface area (Å²) < 4.78 is 1.83. The van der Waals surface area contributed by atoms with Crippen molar-refractivity contribution < 1.29 is 4.79 Å². The van der Waals surface area contributed by atoms with Gasteiger partial charge >= 0.3 is 0 Å². The molecule has 7 heteroatoms. The molecule has 0 saturated heterocycles. The summed E-state index contributed by atoms with van der Waals surface area (Å²) >= 11 is 8.87. The quantitative estimate of drug-likeness (QED) is 0.856. The fraction of sp³-hybridized carbons (Fsp3) is 0.625. The van der Waals surface area contributed by atoms with Gasteiger partial charge in [-0.25, -0.2) is 4.68 Å². The number of carbonyl (C=O) groups excluding carboxylic acids is 1. The van der Waals surface area contributed by atoms with Crippen molar-refractivity contribution in [3.05, 3.63) is 10.3 Å². The third kappa shape index (κ3) is 2.92. The van der Waals surface area contributed by atoms with Gasteiger partial charge in [0.25, 0.3) is 5.91 Å². The number of aromatic nitrogens is 3. The van der Waals surface area contributed by atoms with Crippen molar-refractivity contribution in [3.63, 3.8) is 0 Å². The summed E-state index contributed by atoms with van der Waals surface area (Å²) in [5, 5.41) is 10.2. The van der Waals surface area contributed by atoms with Crippen LogP contribution in [0.5, 0.6) is 0 Å².